The van der Waals surface area contributed by atoms with Gasteiger partial charge in [-0.05, 0) is 31.9 Å². The Bertz CT molecular complexity index is 673. The highest BCUT2D eigenvalue weighted by atomic mass is 32.2. The van der Waals surface area contributed by atoms with E-state index in [0.29, 0.717) is 0 Å². The van der Waals surface area contributed by atoms with Crippen molar-refractivity contribution in [2.45, 2.75) is 45.4 Å². The van der Waals surface area contributed by atoms with Gasteiger partial charge in [0.25, 0.3) is 5.91 Å². The normalized spacial score (nSPS) is 20.2. The largest absolute Gasteiger partial charge is 0.342 e. The number of likely N-dealkylation sites (tertiary alicyclic amines) is 1. The first-order chi connectivity index (χ1) is 11.7. The Kier molecular flexibility index (Phi) is 4.89. The molecular formula is C20H28N2O2S. The highest BCUT2D eigenvalue weighted by molar-refractivity contribution is 8.00. The van der Waals surface area contributed by atoms with Crippen LogP contribution in [0, 0.1) is 12.3 Å². The molecule has 0 saturated carbocycles. The number of hydrogen-bond acceptors (Lipinski definition) is 3. The molecule has 0 radical (unpaired) electrons. The molecule has 0 aliphatic carbocycles. The van der Waals surface area contributed by atoms with Crippen LogP contribution in [0.3, 0.4) is 0 Å². The van der Waals surface area contributed by atoms with E-state index in [0.717, 1.165) is 49.4 Å². The summed E-state index contributed by atoms with van der Waals surface area (Å²) in [5.74, 6) is 1.32. The summed E-state index contributed by atoms with van der Waals surface area (Å²) in [6.07, 6.45) is 1.72. The third kappa shape index (κ3) is 3.57. The molecule has 2 aliphatic rings. The number of hydrogen-bond donors (Lipinski definition) is 0. The van der Waals surface area contributed by atoms with Gasteiger partial charge in [0.05, 0.1) is 4.87 Å². The summed E-state index contributed by atoms with van der Waals surface area (Å²) in [5.41, 5.74) is 1.54. The van der Waals surface area contributed by atoms with Crippen LogP contribution < -0.4 is 0 Å². The average molecular weight is 361 g/mol. The second-order valence-corrected chi connectivity index (χ2v) is 9.62. The van der Waals surface area contributed by atoms with Gasteiger partial charge in [0.2, 0.25) is 5.91 Å². The molecule has 0 N–H and O–H groups in total. The molecule has 0 atom stereocenters. The topological polar surface area (TPSA) is 40.6 Å². The van der Waals surface area contributed by atoms with Crippen LogP contribution in [0.15, 0.2) is 24.3 Å². The van der Waals surface area contributed by atoms with E-state index in [1.165, 1.54) is 0 Å². The fourth-order valence-corrected chi connectivity index (χ4v) is 5.23. The lowest BCUT2D eigenvalue weighted by Gasteiger charge is -2.45. The minimum atomic E-state index is -0.343. The predicted molar refractivity (Wildman–Crippen MR) is 103 cm³/mol. The number of piperidine rings is 1. The number of carbonyl (C=O) groups is 2. The maximum atomic E-state index is 13.1. The van der Waals surface area contributed by atoms with E-state index in [1.807, 2.05) is 68.6 Å². The Morgan fingerprint density at radius 1 is 1.12 bits per heavy atom. The zero-order chi connectivity index (χ0) is 18.2. The second-order valence-electron chi connectivity index (χ2n) is 8.16. The molecule has 1 aromatic carbocycles. The standard InChI is InChI=1S/C20H28N2O2S/c1-15-6-5-7-16(14-15)17(23)22-12-13-25-20(22)8-10-21(11-9-20)18(24)19(2,3)4/h5-7,14H,8-13H2,1-4H3. The molecule has 25 heavy (non-hydrogen) atoms. The van der Waals surface area contributed by atoms with Gasteiger partial charge < -0.3 is 9.80 Å². The molecule has 3 rings (SSSR count). The van der Waals surface area contributed by atoms with E-state index in [4.69, 9.17) is 0 Å². The van der Waals surface area contributed by atoms with E-state index in [9.17, 15) is 9.59 Å². The number of thioether (sulfide) groups is 1. The van der Waals surface area contributed by atoms with Gasteiger partial charge in [0.1, 0.15) is 0 Å². The van der Waals surface area contributed by atoms with Crippen molar-refractivity contribution in [2.75, 3.05) is 25.4 Å². The number of rotatable bonds is 1. The lowest BCUT2D eigenvalue weighted by atomic mass is 9.92. The molecule has 136 valence electrons. The third-order valence-corrected chi connectivity index (χ3v) is 6.71. The van der Waals surface area contributed by atoms with E-state index >= 15 is 0 Å². The van der Waals surface area contributed by atoms with Crippen molar-refractivity contribution in [2.24, 2.45) is 5.41 Å². The van der Waals surface area contributed by atoms with Gasteiger partial charge in [-0.25, -0.2) is 0 Å². The van der Waals surface area contributed by atoms with Gasteiger partial charge in [0, 0.05) is 36.4 Å². The summed E-state index contributed by atoms with van der Waals surface area (Å²) < 4.78 is 0. The molecule has 0 unspecified atom stereocenters. The van der Waals surface area contributed by atoms with Crippen molar-refractivity contribution >= 4 is 23.6 Å². The van der Waals surface area contributed by atoms with E-state index in [1.54, 1.807) is 0 Å². The first-order valence-corrected chi connectivity index (χ1v) is 10.0. The summed E-state index contributed by atoms with van der Waals surface area (Å²) in [6, 6.07) is 7.84. The third-order valence-electron chi connectivity index (χ3n) is 5.16. The average Bonchev–Trinajstić information content (AvgIpc) is 2.96. The smallest absolute Gasteiger partial charge is 0.255 e. The van der Waals surface area contributed by atoms with Crippen LogP contribution in [0.1, 0.15) is 49.5 Å². The zero-order valence-corrected chi connectivity index (χ0v) is 16.5. The van der Waals surface area contributed by atoms with Gasteiger partial charge in [-0.3, -0.25) is 9.59 Å². The Balaban J connectivity index is 1.74. The summed E-state index contributed by atoms with van der Waals surface area (Å²) in [5, 5.41) is 0. The summed E-state index contributed by atoms with van der Waals surface area (Å²) in [4.78, 5) is 29.5. The van der Waals surface area contributed by atoms with Crippen LogP contribution in [-0.4, -0.2) is 51.9 Å². The van der Waals surface area contributed by atoms with Gasteiger partial charge in [-0.1, -0.05) is 38.5 Å². The molecule has 2 heterocycles. The molecule has 2 fully saturated rings. The Labute approximate surface area is 154 Å². The van der Waals surface area contributed by atoms with Crippen molar-refractivity contribution < 1.29 is 9.59 Å². The first kappa shape index (κ1) is 18.3. The quantitative estimate of drug-likeness (QED) is 0.769. The Morgan fingerprint density at radius 2 is 1.80 bits per heavy atom. The van der Waals surface area contributed by atoms with Crippen LogP contribution >= 0.6 is 11.8 Å². The van der Waals surface area contributed by atoms with Gasteiger partial charge in [-0.15, -0.1) is 11.8 Å². The van der Waals surface area contributed by atoms with E-state index in [-0.39, 0.29) is 22.1 Å². The van der Waals surface area contributed by atoms with Crippen molar-refractivity contribution in [1.29, 1.82) is 0 Å². The minimum Gasteiger partial charge on any atom is -0.342 e. The summed E-state index contributed by atoms with van der Waals surface area (Å²) in [7, 11) is 0. The van der Waals surface area contributed by atoms with Crippen LogP contribution in [0.25, 0.3) is 0 Å². The molecule has 0 aromatic heterocycles. The Morgan fingerprint density at radius 3 is 2.40 bits per heavy atom. The molecule has 1 aromatic rings. The minimum absolute atomic E-state index is 0.129. The van der Waals surface area contributed by atoms with Crippen molar-refractivity contribution in [3.05, 3.63) is 35.4 Å². The van der Waals surface area contributed by atoms with Crippen LogP contribution in [0.5, 0.6) is 0 Å². The predicted octanol–water partition coefficient (Wildman–Crippen LogP) is 3.55. The fraction of sp³-hybridized carbons (Fsp3) is 0.600. The van der Waals surface area contributed by atoms with Crippen LogP contribution in [-0.2, 0) is 4.79 Å². The summed E-state index contributed by atoms with van der Waals surface area (Å²) >= 11 is 1.89. The van der Waals surface area contributed by atoms with Crippen LogP contribution in [0.2, 0.25) is 0 Å². The van der Waals surface area contributed by atoms with E-state index < -0.39 is 0 Å². The van der Waals surface area contributed by atoms with E-state index in [2.05, 4.69) is 4.90 Å². The highest BCUT2D eigenvalue weighted by Gasteiger charge is 2.47. The molecule has 0 bridgehead atoms. The fourth-order valence-electron chi connectivity index (χ4n) is 3.78. The molecule has 5 heteroatoms. The zero-order valence-electron chi connectivity index (χ0n) is 15.7. The van der Waals surface area contributed by atoms with Crippen LogP contribution in [0.4, 0.5) is 0 Å². The lowest BCUT2D eigenvalue weighted by Crippen LogP contribution is -2.55. The van der Waals surface area contributed by atoms with Gasteiger partial charge in [-0.2, -0.15) is 0 Å². The maximum absolute atomic E-state index is 13.1. The molecule has 2 saturated heterocycles. The highest BCUT2D eigenvalue weighted by Crippen LogP contribution is 2.45. The Hall–Kier alpha value is -1.49. The number of benzene rings is 1. The number of nitrogens with zero attached hydrogens (tertiary/aromatic N) is 2. The second kappa shape index (κ2) is 6.67. The molecule has 4 nitrogen and oxygen atoms in total. The number of amides is 2. The number of aryl methyl sites for hydroxylation is 1. The lowest BCUT2D eigenvalue weighted by molar-refractivity contribution is -0.141. The molecule has 2 amide bonds. The van der Waals surface area contributed by atoms with Gasteiger partial charge >= 0.3 is 0 Å². The monoisotopic (exact) mass is 360 g/mol. The van der Waals surface area contributed by atoms with Crippen molar-refractivity contribution in [3.8, 4) is 0 Å². The van der Waals surface area contributed by atoms with Gasteiger partial charge in [0.15, 0.2) is 0 Å². The van der Waals surface area contributed by atoms with Crippen molar-refractivity contribution in [3.63, 3.8) is 0 Å². The maximum Gasteiger partial charge on any atom is 0.255 e. The number of carbonyl (C=O) groups excluding carboxylic acids is 2. The molecular weight excluding hydrogens is 332 g/mol. The first-order valence-electron chi connectivity index (χ1n) is 9.05. The SMILES string of the molecule is Cc1cccc(C(=O)N2CCSC23CCN(C(=O)C(C)(C)C)CC3)c1. The molecule has 1 spiro atoms. The molecule has 2 aliphatic heterocycles. The van der Waals surface area contributed by atoms with Crippen molar-refractivity contribution in [1.82, 2.24) is 9.80 Å². The summed E-state index contributed by atoms with van der Waals surface area (Å²) in [6.45, 7) is 10.2.